The Morgan fingerprint density at radius 2 is 1.81 bits per heavy atom. The van der Waals surface area contributed by atoms with E-state index in [4.69, 9.17) is 11.6 Å². The van der Waals surface area contributed by atoms with Crippen molar-refractivity contribution in [3.05, 3.63) is 79.9 Å². The fourth-order valence-corrected chi connectivity index (χ4v) is 3.14. The second kappa shape index (κ2) is 5.95. The summed E-state index contributed by atoms with van der Waals surface area (Å²) in [5.74, 6) is 0. The van der Waals surface area contributed by atoms with E-state index in [9.17, 15) is 5.11 Å². The van der Waals surface area contributed by atoms with Crippen molar-refractivity contribution in [2.75, 3.05) is 0 Å². The highest BCUT2D eigenvalue weighted by molar-refractivity contribution is 14.1. The van der Waals surface area contributed by atoms with Crippen LogP contribution in [0, 0.1) is 10.5 Å². The first-order chi connectivity index (χ1) is 10.1. The van der Waals surface area contributed by atoms with Crippen molar-refractivity contribution in [1.82, 2.24) is 0 Å². The molecule has 1 nitrogen and oxygen atoms in total. The lowest BCUT2D eigenvalue weighted by molar-refractivity contribution is 0.221. The third kappa shape index (κ3) is 2.80. The van der Waals surface area contributed by atoms with Gasteiger partial charge in [-0.2, -0.15) is 0 Å². The van der Waals surface area contributed by atoms with Crippen LogP contribution < -0.4 is 0 Å². The predicted molar refractivity (Wildman–Crippen MR) is 96.9 cm³/mol. The Bertz CT molecular complexity index is 813. The second-order valence-electron chi connectivity index (χ2n) is 5.09. The van der Waals surface area contributed by atoms with E-state index in [1.807, 2.05) is 37.3 Å². The van der Waals surface area contributed by atoms with E-state index in [1.165, 1.54) is 0 Å². The first-order valence-corrected chi connectivity index (χ1v) is 8.15. The summed E-state index contributed by atoms with van der Waals surface area (Å²) in [7, 11) is 0. The van der Waals surface area contributed by atoms with Gasteiger partial charge in [-0.05, 0) is 69.1 Å². The van der Waals surface area contributed by atoms with Crippen molar-refractivity contribution in [1.29, 1.82) is 0 Å². The summed E-state index contributed by atoms with van der Waals surface area (Å²) in [5, 5.41) is 13.7. The van der Waals surface area contributed by atoms with Crippen molar-refractivity contribution >= 4 is 45.0 Å². The molecule has 3 heteroatoms. The zero-order chi connectivity index (χ0) is 15.0. The number of aliphatic hydroxyl groups is 1. The molecule has 1 unspecified atom stereocenters. The Labute approximate surface area is 142 Å². The summed E-state index contributed by atoms with van der Waals surface area (Å²) in [4.78, 5) is 0. The molecule has 21 heavy (non-hydrogen) atoms. The average molecular weight is 409 g/mol. The van der Waals surface area contributed by atoms with Gasteiger partial charge in [-0.3, -0.25) is 0 Å². The van der Waals surface area contributed by atoms with Crippen LogP contribution in [0.1, 0.15) is 22.8 Å². The summed E-state index contributed by atoms with van der Waals surface area (Å²) in [5.41, 5.74) is 2.85. The second-order valence-corrected chi connectivity index (χ2v) is 6.66. The van der Waals surface area contributed by atoms with Gasteiger partial charge in [-0.15, -0.1) is 0 Å². The van der Waals surface area contributed by atoms with Gasteiger partial charge in [-0.1, -0.05) is 54.1 Å². The number of aryl methyl sites for hydroxylation is 1. The molecular weight excluding hydrogens is 395 g/mol. The van der Waals surface area contributed by atoms with Crippen molar-refractivity contribution in [3.63, 3.8) is 0 Å². The van der Waals surface area contributed by atoms with Gasteiger partial charge in [0, 0.05) is 3.57 Å². The molecule has 0 fully saturated rings. The summed E-state index contributed by atoms with van der Waals surface area (Å²) >= 11 is 8.37. The van der Waals surface area contributed by atoms with Crippen LogP contribution in [0.3, 0.4) is 0 Å². The van der Waals surface area contributed by atoms with E-state index < -0.39 is 6.10 Å². The summed E-state index contributed by atoms with van der Waals surface area (Å²) in [6.07, 6.45) is -0.675. The van der Waals surface area contributed by atoms with Crippen LogP contribution in [0.15, 0.2) is 54.6 Å². The van der Waals surface area contributed by atoms with Crippen LogP contribution in [0.25, 0.3) is 10.8 Å². The van der Waals surface area contributed by atoms with Gasteiger partial charge in [-0.25, -0.2) is 0 Å². The molecule has 0 aliphatic heterocycles. The van der Waals surface area contributed by atoms with Crippen LogP contribution in [-0.2, 0) is 0 Å². The molecule has 0 heterocycles. The molecule has 0 amide bonds. The van der Waals surface area contributed by atoms with Crippen molar-refractivity contribution in [2.24, 2.45) is 0 Å². The molecule has 0 saturated carbocycles. The van der Waals surface area contributed by atoms with Crippen LogP contribution >= 0.6 is 34.2 Å². The summed E-state index contributed by atoms with van der Waals surface area (Å²) < 4.78 is 0.986. The number of halogens is 2. The third-order valence-corrected chi connectivity index (χ3v) is 5.29. The average Bonchev–Trinajstić information content (AvgIpc) is 2.49. The summed E-state index contributed by atoms with van der Waals surface area (Å²) in [6.45, 7) is 2.03. The normalized spacial score (nSPS) is 12.6. The maximum Gasteiger partial charge on any atom is 0.105 e. The van der Waals surface area contributed by atoms with Gasteiger partial charge in [0.05, 0.1) is 5.02 Å². The minimum atomic E-state index is -0.675. The molecule has 0 aliphatic carbocycles. The van der Waals surface area contributed by atoms with Gasteiger partial charge in [0.1, 0.15) is 6.10 Å². The van der Waals surface area contributed by atoms with Crippen molar-refractivity contribution in [2.45, 2.75) is 13.0 Å². The molecular formula is C18H14ClIO. The fraction of sp³-hybridized carbons (Fsp3) is 0.111. The molecule has 0 radical (unpaired) electrons. The van der Waals surface area contributed by atoms with Crippen LogP contribution in [-0.4, -0.2) is 5.11 Å². The Balaban J connectivity index is 2.19. The SMILES string of the molecule is Cc1ccc2ccccc2c1C(O)c1ccc(I)c(Cl)c1. The van der Waals surface area contributed by atoms with E-state index in [0.717, 1.165) is 31.0 Å². The van der Waals surface area contributed by atoms with E-state index in [1.54, 1.807) is 0 Å². The van der Waals surface area contributed by atoms with E-state index >= 15 is 0 Å². The third-order valence-electron chi connectivity index (χ3n) is 3.72. The Morgan fingerprint density at radius 1 is 1.05 bits per heavy atom. The monoisotopic (exact) mass is 408 g/mol. The highest BCUT2D eigenvalue weighted by Crippen LogP contribution is 2.33. The maximum absolute atomic E-state index is 10.8. The number of fused-ring (bicyclic) bond motifs is 1. The molecule has 106 valence electrons. The van der Waals surface area contributed by atoms with Gasteiger partial charge in [0.25, 0.3) is 0 Å². The van der Waals surface area contributed by atoms with E-state index in [0.29, 0.717) is 5.02 Å². The number of aliphatic hydroxyl groups excluding tert-OH is 1. The maximum atomic E-state index is 10.8. The van der Waals surface area contributed by atoms with Crippen molar-refractivity contribution in [3.8, 4) is 0 Å². The molecule has 0 aliphatic rings. The molecule has 1 atom stereocenters. The standard InChI is InChI=1S/C18H14ClIO/c1-11-6-7-12-4-2-3-5-14(12)17(11)18(21)13-8-9-16(20)15(19)10-13/h2-10,18,21H,1H3. The highest BCUT2D eigenvalue weighted by atomic mass is 127. The lowest BCUT2D eigenvalue weighted by Crippen LogP contribution is -2.03. The van der Waals surface area contributed by atoms with Gasteiger partial charge >= 0.3 is 0 Å². The van der Waals surface area contributed by atoms with Gasteiger partial charge in [0.15, 0.2) is 0 Å². The number of rotatable bonds is 2. The zero-order valence-corrected chi connectivity index (χ0v) is 14.4. The van der Waals surface area contributed by atoms with Crippen LogP contribution in [0.2, 0.25) is 5.02 Å². The molecule has 1 N–H and O–H groups in total. The molecule has 3 aromatic rings. The number of hydrogen-bond acceptors (Lipinski definition) is 1. The Kier molecular flexibility index (Phi) is 4.20. The first-order valence-electron chi connectivity index (χ1n) is 6.69. The molecule has 0 bridgehead atoms. The van der Waals surface area contributed by atoms with E-state index in [-0.39, 0.29) is 0 Å². The van der Waals surface area contributed by atoms with Crippen molar-refractivity contribution < 1.29 is 5.11 Å². The highest BCUT2D eigenvalue weighted by Gasteiger charge is 2.17. The molecule has 0 aromatic heterocycles. The lowest BCUT2D eigenvalue weighted by atomic mass is 9.92. The fourth-order valence-electron chi connectivity index (χ4n) is 2.62. The number of benzene rings is 3. The summed E-state index contributed by atoms with van der Waals surface area (Å²) in [6, 6.07) is 18.0. The van der Waals surface area contributed by atoms with Gasteiger partial charge in [0.2, 0.25) is 0 Å². The Morgan fingerprint density at radius 3 is 2.57 bits per heavy atom. The first kappa shape index (κ1) is 14.8. The quantitative estimate of drug-likeness (QED) is 0.556. The molecule has 0 saturated heterocycles. The molecule has 0 spiro atoms. The predicted octanol–water partition coefficient (Wildman–Crippen LogP) is 5.49. The minimum Gasteiger partial charge on any atom is -0.384 e. The molecule has 3 aromatic carbocycles. The van der Waals surface area contributed by atoms with Gasteiger partial charge < -0.3 is 5.11 Å². The zero-order valence-electron chi connectivity index (χ0n) is 11.5. The molecule has 3 rings (SSSR count). The smallest absolute Gasteiger partial charge is 0.105 e. The van der Waals surface area contributed by atoms with E-state index in [2.05, 4.69) is 46.9 Å². The lowest BCUT2D eigenvalue weighted by Gasteiger charge is -2.17. The van der Waals surface area contributed by atoms with Crippen LogP contribution in [0.5, 0.6) is 0 Å². The number of hydrogen-bond donors (Lipinski definition) is 1. The Hall–Kier alpha value is -1.10. The largest absolute Gasteiger partial charge is 0.384 e. The minimum absolute atomic E-state index is 0.671. The van der Waals surface area contributed by atoms with Crippen LogP contribution in [0.4, 0.5) is 0 Å². The topological polar surface area (TPSA) is 20.2 Å².